The van der Waals surface area contributed by atoms with Gasteiger partial charge in [-0.15, -0.1) is 0 Å². The molecule has 1 aromatic carbocycles. The molecule has 0 fully saturated rings. The molecule has 1 aromatic heterocycles. The number of aromatic amines is 1. The quantitative estimate of drug-likeness (QED) is 0.456. The predicted molar refractivity (Wildman–Crippen MR) is 88.0 cm³/mol. The Hall–Kier alpha value is -2.87. The number of hydrogen-bond donors (Lipinski definition) is 5. The Balaban J connectivity index is 2.01. The Morgan fingerprint density at radius 2 is 1.96 bits per heavy atom. The van der Waals surface area contributed by atoms with E-state index in [-0.39, 0.29) is 19.3 Å². The van der Waals surface area contributed by atoms with Crippen LogP contribution in [0.5, 0.6) is 0 Å². The van der Waals surface area contributed by atoms with Gasteiger partial charge >= 0.3 is 5.97 Å². The average molecular weight is 332 g/mol. The fourth-order valence-corrected chi connectivity index (χ4v) is 2.42. The number of nitrogens with two attached hydrogens (primary N) is 2. The summed E-state index contributed by atoms with van der Waals surface area (Å²) >= 11 is 0. The van der Waals surface area contributed by atoms with Crippen molar-refractivity contribution in [2.45, 2.75) is 31.3 Å². The van der Waals surface area contributed by atoms with Gasteiger partial charge in [0.25, 0.3) is 0 Å². The van der Waals surface area contributed by atoms with Crippen molar-refractivity contribution in [2.75, 3.05) is 0 Å². The fraction of sp³-hybridized carbons (Fsp3) is 0.312. The van der Waals surface area contributed by atoms with Crippen LogP contribution in [0.1, 0.15) is 18.4 Å². The lowest BCUT2D eigenvalue weighted by Gasteiger charge is -2.15. The van der Waals surface area contributed by atoms with Crippen molar-refractivity contribution in [2.24, 2.45) is 11.5 Å². The van der Waals surface area contributed by atoms with Crippen LogP contribution < -0.4 is 16.8 Å². The molecule has 0 saturated carbocycles. The molecular formula is C16H20N4O4. The summed E-state index contributed by atoms with van der Waals surface area (Å²) < 4.78 is 0. The van der Waals surface area contributed by atoms with Crippen LogP contribution in [0.15, 0.2) is 30.5 Å². The number of para-hydroxylation sites is 1. The first-order valence-electron chi connectivity index (χ1n) is 7.50. The summed E-state index contributed by atoms with van der Waals surface area (Å²) in [5.74, 6) is -2.32. The van der Waals surface area contributed by atoms with E-state index in [1.807, 2.05) is 24.3 Å². The van der Waals surface area contributed by atoms with E-state index >= 15 is 0 Å². The van der Waals surface area contributed by atoms with Crippen molar-refractivity contribution in [3.05, 3.63) is 36.0 Å². The molecule has 0 unspecified atom stereocenters. The largest absolute Gasteiger partial charge is 0.480 e. The number of hydrogen-bond acceptors (Lipinski definition) is 4. The third-order valence-electron chi connectivity index (χ3n) is 3.78. The van der Waals surface area contributed by atoms with E-state index in [1.54, 1.807) is 6.20 Å². The van der Waals surface area contributed by atoms with E-state index in [0.29, 0.717) is 0 Å². The Morgan fingerprint density at radius 3 is 2.62 bits per heavy atom. The van der Waals surface area contributed by atoms with E-state index < -0.39 is 29.9 Å². The van der Waals surface area contributed by atoms with E-state index in [9.17, 15) is 19.5 Å². The summed E-state index contributed by atoms with van der Waals surface area (Å²) in [7, 11) is 0. The van der Waals surface area contributed by atoms with E-state index in [2.05, 4.69) is 10.3 Å². The second-order valence-electron chi connectivity index (χ2n) is 5.57. The molecule has 0 aliphatic rings. The zero-order chi connectivity index (χ0) is 17.7. The van der Waals surface area contributed by atoms with Crippen molar-refractivity contribution in [3.63, 3.8) is 0 Å². The van der Waals surface area contributed by atoms with Gasteiger partial charge in [-0.05, 0) is 18.1 Å². The van der Waals surface area contributed by atoms with Gasteiger partial charge in [-0.3, -0.25) is 9.59 Å². The van der Waals surface area contributed by atoms with Crippen LogP contribution in [-0.2, 0) is 20.8 Å². The van der Waals surface area contributed by atoms with Crippen LogP contribution in [0.2, 0.25) is 0 Å². The van der Waals surface area contributed by atoms with Gasteiger partial charge in [0.2, 0.25) is 11.8 Å². The highest BCUT2D eigenvalue weighted by Gasteiger charge is 2.22. The Labute approximate surface area is 138 Å². The summed E-state index contributed by atoms with van der Waals surface area (Å²) in [6.45, 7) is 0. The molecule has 0 spiro atoms. The van der Waals surface area contributed by atoms with Gasteiger partial charge in [0.15, 0.2) is 0 Å². The van der Waals surface area contributed by atoms with Gasteiger partial charge in [0.1, 0.15) is 6.04 Å². The lowest BCUT2D eigenvalue weighted by atomic mass is 10.0. The fourth-order valence-electron chi connectivity index (χ4n) is 2.42. The zero-order valence-corrected chi connectivity index (χ0v) is 13.0. The van der Waals surface area contributed by atoms with Crippen LogP contribution in [0, 0.1) is 0 Å². The molecule has 8 nitrogen and oxygen atoms in total. The molecule has 1 heterocycles. The lowest BCUT2D eigenvalue weighted by molar-refractivity contribution is -0.141. The van der Waals surface area contributed by atoms with Crippen molar-refractivity contribution in [1.82, 2.24) is 10.3 Å². The first-order valence-corrected chi connectivity index (χ1v) is 7.50. The monoisotopic (exact) mass is 332 g/mol. The van der Waals surface area contributed by atoms with Gasteiger partial charge in [0.05, 0.1) is 6.04 Å². The third kappa shape index (κ3) is 4.32. The molecule has 0 saturated heterocycles. The molecule has 2 aromatic rings. The third-order valence-corrected chi connectivity index (χ3v) is 3.78. The molecule has 0 radical (unpaired) electrons. The highest BCUT2D eigenvalue weighted by molar-refractivity contribution is 5.87. The smallest absolute Gasteiger partial charge is 0.326 e. The summed E-state index contributed by atoms with van der Waals surface area (Å²) in [6.07, 6.45) is 1.88. The SMILES string of the molecule is NC(=O)[C@@H](N)CCC(=O)N[C@H](Cc1c[nH]c2ccccc12)C(=O)O. The van der Waals surface area contributed by atoms with Crippen LogP contribution >= 0.6 is 0 Å². The average Bonchev–Trinajstić information content (AvgIpc) is 2.95. The minimum Gasteiger partial charge on any atom is -0.480 e. The number of nitrogens with one attached hydrogen (secondary N) is 2. The first kappa shape index (κ1) is 17.5. The Kier molecular flexibility index (Phi) is 5.54. The number of aromatic nitrogens is 1. The van der Waals surface area contributed by atoms with Crippen LogP contribution in [0.3, 0.4) is 0 Å². The summed E-state index contributed by atoms with van der Waals surface area (Å²) in [6, 6.07) is 5.51. The van der Waals surface area contributed by atoms with Crippen molar-refractivity contribution in [1.29, 1.82) is 0 Å². The van der Waals surface area contributed by atoms with E-state index in [1.165, 1.54) is 0 Å². The maximum absolute atomic E-state index is 11.9. The van der Waals surface area contributed by atoms with Gasteiger partial charge < -0.3 is 26.9 Å². The van der Waals surface area contributed by atoms with Crippen LogP contribution in [0.25, 0.3) is 10.9 Å². The number of carboxylic acid groups (broad SMARTS) is 1. The molecule has 2 amide bonds. The van der Waals surface area contributed by atoms with Crippen LogP contribution in [0.4, 0.5) is 0 Å². The van der Waals surface area contributed by atoms with Crippen molar-refractivity contribution < 1.29 is 19.5 Å². The van der Waals surface area contributed by atoms with Gasteiger partial charge in [-0.25, -0.2) is 4.79 Å². The normalized spacial score (nSPS) is 13.4. The second-order valence-corrected chi connectivity index (χ2v) is 5.57. The Bertz CT molecular complexity index is 755. The number of carboxylic acids is 1. The lowest BCUT2D eigenvalue weighted by Crippen LogP contribution is -2.43. The number of rotatable bonds is 8. The number of H-pyrrole nitrogens is 1. The predicted octanol–water partition coefficient (Wildman–Crippen LogP) is -0.127. The molecular weight excluding hydrogens is 312 g/mol. The first-order chi connectivity index (χ1) is 11.4. The molecule has 24 heavy (non-hydrogen) atoms. The number of carbonyl (C=O) groups is 3. The number of primary amides is 1. The Morgan fingerprint density at radius 1 is 1.25 bits per heavy atom. The maximum Gasteiger partial charge on any atom is 0.326 e. The molecule has 2 rings (SSSR count). The molecule has 8 heteroatoms. The van der Waals surface area contributed by atoms with E-state index in [4.69, 9.17) is 11.5 Å². The number of benzene rings is 1. The summed E-state index contributed by atoms with van der Waals surface area (Å²) in [5, 5.41) is 12.7. The maximum atomic E-state index is 11.9. The topological polar surface area (TPSA) is 151 Å². The van der Waals surface area contributed by atoms with Gasteiger partial charge in [-0.1, -0.05) is 18.2 Å². The second kappa shape index (κ2) is 7.60. The van der Waals surface area contributed by atoms with Crippen molar-refractivity contribution >= 4 is 28.7 Å². The standard InChI is InChI=1S/C16H20N4O4/c17-11(15(18)22)5-6-14(21)20-13(16(23)24)7-9-8-19-12-4-2-1-3-10(9)12/h1-4,8,11,13,19H,5-7,17H2,(H2,18,22)(H,20,21)(H,23,24)/t11-,13+/m0/s1. The molecule has 7 N–H and O–H groups in total. The van der Waals surface area contributed by atoms with E-state index in [0.717, 1.165) is 16.5 Å². The minimum absolute atomic E-state index is 0.0677. The number of amides is 2. The number of fused-ring (bicyclic) bond motifs is 1. The number of aliphatic carboxylic acids is 1. The summed E-state index contributed by atoms with van der Waals surface area (Å²) in [4.78, 5) is 37.2. The molecule has 128 valence electrons. The molecule has 0 bridgehead atoms. The number of carbonyl (C=O) groups excluding carboxylic acids is 2. The molecule has 2 atom stereocenters. The van der Waals surface area contributed by atoms with Crippen LogP contribution in [-0.4, -0.2) is 40.0 Å². The highest BCUT2D eigenvalue weighted by Crippen LogP contribution is 2.19. The minimum atomic E-state index is -1.13. The summed E-state index contributed by atoms with van der Waals surface area (Å²) in [5.41, 5.74) is 12.2. The molecule has 0 aliphatic heterocycles. The zero-order valence-electron chi connectivity index (χ0n) is 13.0. The van der Waals surface area contributed by atoms with Crippen molar-refractivity contribution in [3.8, 4) is 0 Å². The molecule has 0 aliphatic carbocycles. The van der Waals surface area contributed by atoms with Gasteiger partial charge in [0, 0.05) is 29.9 Å². The van der Waals surface area contributed by atoms with Gasteiger partial charge in [-0.2, -0.15) is 0 Å². The highest BCUT2D eigenvalue weighted by atomic mass is 16.4.